The zero-order valence-electron chi connectivity index (χ0n) is 25.5. The zero-order valence-corrected chi connectivity index (χ0v) is 25.5. The predicted molar refractivity (Wildman–Crippen MR) is 172 cm³/mol. The van der Waals surface area contributed by atoms with Crippen molar-refractivity contribution in [3.63, 3.8) is 0 Å². The Hall–Kier alpha value is -5.03. The van der Waals surface area contributed by atoms with Crippen molar-refractivity contribution in [2.45, 2.75) is 25.5 Å². The number of carbonyl (C=O) groups is 1. The minimum absolute atomic E-state index is 0.133. The first-order chi connectivity index (χ1) is 21.4. The standard InChI is InChI=1S/C37H36N4O3/c1-27-23-29(36(42)43-4)24-34(40-27)33-26-39-41(3)35(33)21-14-22-44-28(2)25-38-37(30-15-8-5-9-16-30,31-17-10-6-11-18-31)32-19-12-7-13-20-32/h5-13,15-20,23-24,26,28,38H,22,25H2,1-4H3/t28-/m0/s1. The van der Waals surface area contributed by atoms with Gasteiger partial charge in [0, 0.05) is 19.3 Å². The Balaban J connectivity index is 1.34. The van der Waals surface area contributed by atoms with Crippen LogP contribution in [0.15, 0.2) is 109 Å². The highest BCUT2D eigenvalue weighted by Crippen LogP contribution is 2.36. The van der Waals surface area contributed by atoms with Gasteiger partial charge in [-0.2, -0.15) is 5.10 Å². The van der Waals surface area contributed by atoms with E-state index in [1.54, 1.807) is 23.0 Å². The first kappa shape index (κ1) is 30.4. The zero-order chi connectivity index (χ0) is 30.9. The number of rotatable bonds is 10. The summed E-state index contributed by atoms with van der Waals surface area (Å²) in [5.41, 5.74) is 6.04. The summed E-state index contributed by atoms with van der Waals surface area (Å²) in [6, 6.07) is 34.9. The Kier molecular flexibility index (Phi) is 9.65. The number of nitrogens with zero attached hydrogens (tertiary/aromatic N) is 3. The molecule has 222 valence electrons. The van der Waals surface area contributed by atoms with E-state index < -0.39 is 11.5 Å². The fourth-order valence-corrected chi connectivity index (χ4v) is 5.35. The maximum absolute atomic E-state index is 12.2. The molecule has 0 amide bonds. The van der Waals surface area contributed by atoms with E-state index >= 15 is 0 Å². The van der Waals surface area contributed by atoms with Crippen LogP contribution in [0.4, 0.5) is 0 Å². The van der Waals surface area contributed by atoms with Crippen LogP contribution in [0.25, 0.3) is 11.3 Å². The molecule has 2 aromatic heterocycles. The Morgan fingerprint density at radius 2 is 1.50 bits per heavy atom. The van der Waals surface area contributed by atoms with Crippen molar-refractivity contribution in [1.29, 1.82) is 0 Å². The lowest BCUT2D eigenvalue weighted by atomic mass is 9.77. The van der Waals surface area contributed by atoms with Gasteiger partial charge in [0.2, 0.25) is 0 Å². The molecular formula is C37H36N4O3. The van der Waals surface area contributed by atoms with Gasteiger partial charge < -0.3 is 9.47 Å². The van der Waals surface area contributed by atoms with Crippen molar-refractivity contribution in [2.75, 3.05) is 20.3 Å². The van der Waals surface area contributed by atoms with Gasteiger partial charge in [0.1, 0.15) is 12.3 Å². The predicted octanol–water partition coefficient (Wildman–Crippen LogP) is 5.92. The maximum atomic E-state index is 12.2. The lowest BCUT2D eigenvalue weighted by Crippen LogP contribution is -2.47. The molecule has 3 aromatic carbocycles. The van der Waals surface area contributed by atoms with Crippen LogP contribution < -0.4 is 5.32 Å². The summed E-state index contributed by atoms with van der Waals surface area (Å²) < 4.78 is 12.8. The fourth-order valence-electron chi connectivity index (χ4n) is 5.35. The third kappa shape index (κ3) is 6.63. The molecule has 0 fully saturated rings. The van der Waals surface area contributed by atoms with Gasteiger partial charge in [-0.25, -0.2) is 4.79 Å². The number of ether oxygens (including phenoxy) is 2. The van der Waals surface area contributed by atoms with Crippen molar-refractivity contribution in [3.8, 4) is 23.1 Å². The summed E-state index contributed by atoms with van der Waals surface area (Å²) in [7, 11) is 3.19. The monoisotopic (exact) mass is 584 g/mol. The Labute approximate surface area is 258 Å². The average molecular weight is 585 g/mol. The van der Waals surface area contributed by atoms with Gasteiger partial charge in [0.25, 0.3) is 0 Å². The summed E-state index contributed by atoms with van der Waals surface area (Å²) in [4.78, 5) is 16.8. The van der Waals surface area contributed by atoms with Gasteiger partial charge in [-0.15, -0.1) is 0 Å². The van der Waals surface area contributed by atoms with Crippen molar-refractivity contribution in [2.24, 2.45) is 7.05 Å². The molecule has 0 aliphatic heterocycles. The van der Waals surface area contributed by atoms with Crippen LogP contribution in [0.1, 0.15) is 45.4 Å². The van der Waals surface area contributed by atoms with E-state index in [2.05, 4.69) is 100 Å². The van der Waals surface area contributed by atoms with Gasteiger partial charge in [-0.05, 0) is 48.6 Å². The molecule has 0 saturated carbocycles. The van der Waals surface area contributed by atoms with E-state index in [1.807, 2.05) is 39.1 Å². The van der Waals surface area contributed by atoms with Crippen LogP contribution in [0, 0.1) is 18.8 Å². The molecule has 7 heteroatoms. The molecule has 1 N–H and O–H groups in total. The van der Waals surface area contributed by atoms with Crippen LogP contribution in [0.5, 0.6) is 0 Å². The number of aryl methyl sites for hydroxylation is 2. The summed E-state index contributed by atoms with van der Waals surface area (Å²) in [6.45, 7) is 4.70. The molecule has 1 atom stereocenters. The number of carbonyl (C=O) groups excluding carboxylic acids is 1. The largest absolute Gasteiger partial charge is 0.465 e. The molecule has 0 spiro atoms. The van der Waals surface area contributed by atoms with Gasteiger partial charge >= 0.3 is 5.97 Å². The number of nitrogens with one attached hydrogen (secondary N) is 1. The molecule has 5 rings (SSSR count). The SMILES string of the molecule is COC(=O)c1cc(C)nc(-c2cnn(C)c2C#CCO[C@@H](C)CNC(c2ccccc2)(c2ccccc2)c2ccccc2)c1. The van der Waals surface area contributed by atoms with Gasteiger partial charge in [0.15, 0.2) is 0 Å². The van der Waals surface area contributed by atoms with E-state index in [0.717, 1.165) is 22.3 Å². The second-order valence-electron chi connectivity index (χ2n) is 10.6. The topological polar surface area (TPSA) is 78.3 Å². The van der Waals surface area contributed by atoms with E-state index in [9.17, 15) is 4.79 Å². The first-order valence-electron chi connectivity index (χ1n) is 14.5. The Morgan fingerprint density at radius 1 is 0.932 bits per heavy atom. The Morgan fingerprint density at radius 3 is 2.05 bits per heavy atom. The van der Waals surface area contributed by atoms with Crippen LogP contribution in [0.3, 0.4) is 0 Å². The molecule has 2 heterocycles. The molecule has 0 unspecified atom stereocenters. The normalized spacial score (nSPS) is 11.8. The molecule has 7 nitrogen and oxygen atoms in total. The van der Waals surface area contributed by atoms with Crippen molar-refractivity contribution in [3.05, 3.63) is 143 Å². The summed E-state index contributed by atoms with van der Waals surface area (Å²) in [5.74, 6) is 5.92. The van der Waals surface area contributed by atoms with Crippen LogP contribution in [-0.4, -0.2) is 47.1 Å². The molecule has 0 aliphatic rings. The lowest BCUT2D eigenvalue weighted by Gasteiger charge is -2.38. The van der Waals surface area contributed by atoms with Crippen molar-refractivity contribution >= 4 is 5.97 Å². The molecule has 0 radical (unpaired) electrons. The van der Waals surface area contributed by atoms with Crippen LogP contribution in [0.2, 0.25) is 0 Å². The highest BCUT2D eigenvalue weighted by molar-refractivity contribution is 5.90. The molecule has 0 saturated heterocycles. The number of methoxy groups -OCH3 is 1. The molecule has 0 aliphatic carbocycles. The van der Waals surface area contributed by atoms with E-state index in [-0.39, 0.29) is 12.7 Å². The smallest absolute Gasteiger partial charge is 0.337 e. The second kappa shape index (κ2) is 14.0. The third-order valence-electron chi connectivity index (χ3n) is 7.51. The second-order valence-corrected chi connectivity index (χ2v) is 10.6. The van der Waals surface area contributed by atoms with Gasteiger partial charge in [-0.1, -0.05) is 96.9 Å². The average Bonchev–Trinajstić information content (AvgIpc) is 3.44. The highest BCUT2D eigenvalue weighted by Gasteiger charge is 2.36. The third-order valence-corrected chi connectivity index (χ3v) is 7.51. The lowest BCUT2D eigenvalue weighted by molar-refractivity contribution is 0.0600. The summed E-state index contributed by atoms with van der Waals surface area (Å²) in [6.07, 6.45) is 1.57. The highest BCUT2D eigenvalue weighted by atomic mass is 16.5. The minimum atomic E-state index is -0.569. The quantitative estimate of drug-likeness (QED) is 0.125. The first-order valence-corrected chi connectivity index (χ1v) is 14.5. The summed E-state index contributed by atoms with van der Waals surface area (Å²) in [5, 5.41) is 8.25. The summed E-state index contributed by atoms with van der Waals surface area (Å²) >= 11 is 0. The number of hydrogen-bond donors (Lipinski definition) is 1. The van der Waals surface area contributed by atoms with Crippen molar-refractivity contribution in [1.82, 2.24) is 20.1 Å². The number of hydrogen-bond acceptors (Lipinski definition) is 6. The number of pyridine rings is 1. The number of esters is 1. The molecule has 0 bridgehead atoms. The molecule has 5 aromatic rings. The van der Waals surface area contributed by atoms with Gasteiger partial charge in [0.05, 0.1) is 41.8 Å². The van der Waals surface area contributed by atoms with Crippen molar-refractivity contribution < 1.29 is 14.3 Å². The minimum Gasteiger partial charge on any atom is -0.465 e. The number of aromatic nitrogens is 3. The van der Waals surface area contributed by atoms with Gasteiger partial charge in [-0.3, -0.25) is 15.0 Å². The number of benzene rings is 3. The van der Waals surface area contributed by atoms with Crippen LogP contribution in [-0.2, 0) is 22.1 Å². The fraction of sp³-hybridized carbons (Fsp3) is 0.216. The van der Waals surface area contributed by atoms with E-state index in [4.69, 9.17) is 9.47 Å². The maximum Gasteiger partial charge on any atom is 0.337 e. The molecule has 44 heavy (non-hydrogen) atoms. The van der Waals surface area contributed by atoms with E-state index in [1.165, 1.54) is 7.11 Å². The van der Waals surface area contributed by atoms with Crippen LogP contribution >= 0.6 is 0 Å². The van der Waals surface area contributed by atoms with E-state index in [0.29, 0.717) is 29.2 Å². The Bertz CT molecular complexity index is 1660. The molecular weight excluding hydrogens is 548 g/mol.